The third-order valence-corrected chi connectivity index (χ3v) is 5.21. The molecule has 4 rings (SSSR count). The van der Waals surface area contributed by atoms with Crippen LogP contribution < -0.4 is 10.1 Å². The highest BCUT2D eigenvalue weighted by molar-refractivity contribution is 7.17. The van der Waals surface area contributed by atoms with Crippen molar-refractivity contribution in [3.63, 3.8) is 0 Å². The predicted octanol–water partition coefficient (Wildman–Crippen LogP) is 4.46. The van der Waals surface area contributed by atoms with Gasteiger partial charge in [-0.05, 0) is 35.1 Å². The van der Waals surface area contributed by atoms with E-state index < -0.39 is 5.91 Å². The van der Waals surface area contributed by atoms with E-state index in [0.29, 0.717) is 33.5 Å². The van der Waals surface area contributed by atoms with Crippen LogP contribution in [0.15, 0.2) is 61.1 Å². The number of terminal acetylenes is 1. The highest BCUT2D eigenvalue weighted by atomic mass is 35.5. The van der Waals surface area contributed by atoms with Gasteiger partial charge in [-0.1, -0.05) is 53.0 Å². The monoisotopic (exact) mass is 447 g/mol. The van der Waals surface area contributed by atoms with Crippen molar-refractivity contribution in [1.29, 1.82) is 0 Å². The summed E-state index contributed by atoms with van der Waals surface area (Å²) in [6.45, 7) is 0.304. The zero-order chi connectivity index (χ0) is 21.6. The number of aromatic nitrogens is 4. The number of hydrogen-bond acceptors (Lipinski definition) is 7. The molecule has 0 bridgehead atoms. The molecule has 2 aromatic heterocycles. The van der Waals surface area contributed by atoms with Gasteiger partial charge >= 0.3 is 0 Å². The number of ether oxygens (including phenoxy) is 1. The van der Waals surface area contributed by atoms with Crippen LogP contribution in [0.2, 0.25) is 5.02 Å². The van der Waals surface area contributed by atoms with E-state index >= 15 is 0 Å². The summed E-state index contributed by atoms with van der Waals surface area (Å²) < 4.78 is 5.63. The van der Waals surface area contributed by atoms with Crippen molar-refractivity contribution in [1.82, 2.24) is 20.2 Å². The Balaban J connectivity index is 1.48. The van der Waals surface area contributed by atoms with Crippen LogP contribution in [0.3, 0.4) is 0 Å². The summed E-state index contributed by atoms with van der Waals surface area (Å²) in [5.41, 5.74) is 2.97. The van der Waals surface area contributed by atoms with Gasteiger partial charge in [-0.2, -0.15) is 0 Å². The topological polar surface area (TPSA) is 89.9 Å². The van der Waals surface area contributed by atoms with E-state index in [2.05, 4.69) is 31.4 Å². The minimum absolute atomic E-state index is 0.177. The molecule has 9 heteroatoms. The first-order chi connectivity index (χ1) is 15.1. The Morgan fingerprint density at radius 3 is 2.74 bits per heavy atom. The second kappa shape index (κ2) is 9.34. The van der Waals surface area contributed by atoms with E-state index in [4.69, 9.17) is 22.8 Å². The molecule has 0 aliphatic heterocycles. The first-order valence-corrected chi connectivity index (χ1v) is 10.2. The third kappa shape index (κ3) is 4.86. The Labute approximate surface area is 187 Å². The van der Waals surface area contributed by atoms with Crippen molar-refractivity contribution in [3.8, 4) is 28.7 Å². The number of anilines is 1. The largest absolute Gasteiger partial charge is 0.464 e. The minimum atomic E-state index is -0.454. The summed E-state index contributed by atoms with van der Waals surface area (Å²) in [6, 6.07) is 14.5. The molecule has 0 fully saturated rings. The van der Waals surface area contributed by atoms with Crippen LogP contribution in [0, 0.1) is 12.3 Å². The molecule has 0 radical (unpaired) electrons. The van der Waals surface area contributed by atoms with E-state index in [0.717, 1.165) is 16.9 Å². The normalized spacial score (nSPS) is 10.3. The van der Waals surface area contributed by atoms with Crippen LogP contribution in [-0.2, 0) is 6.61 Å². The number of nitrogens with zero attached hydrogens (tertiary/aromatic N) is 4. The van der Waals surface area contributed by atoms with Crippen molar-refractivity contribution >= 4 is 34.0 Å². The average molecular weight is 448 g/mol. The smallest absolute Gasteiger partial charge is 0.296 e. The molecule has 0 atom stereocenters. The second-order valence-electron chi connectivity index (χ2n) is 6.22. The summed E-state index contributed by atoms with van der Waals surface area (Å²) in [5.74, 6) is 2.16. The van der Waals surface area contributed by atoms with E-state index in [1.54, 1.807) is 24.4 Å². The number of carbonyl (C=O) groups is 1. The zero-order valence-electron chi connectivity index (χ0n) is 15.9. The number of amides is 1. The fourth-order valence-corrected chi connectivity index (χ4v) is 3.47. The van der Waals surface area contributed by atoms with Gasteiger partial charge < -0.3 is 4.74 Å². The van der Waals surface area contributed by atoms with E-state index in [1.807, 2.05) is 30.3 Å². The molecule has 7 nitrogen and oxygen atoms in total. The lowest BCUT2D eigenvalue weighted by Crippen LogP contribution is -2.15. The van der Waals surface area contributed by atoms with Crippen LogP contribution in [0.5, 0.6) is 5.19 Å². The van der Waals surface area contributed by atoms with Crippen molar-refractivity contribution in [3.05, 3.63) is 82.9 Å². The molecule has 31 heavy (non-hydrogen) atoms. The molecular weight excluding hydrogens is 434 g/mol. The minimum Gasteiger partial charge on any atom is -0.464 e. The van der Waals surface area contributed by atoms with Crippen molar-refractivity contribution < 1.29 is 9.53 Å². The summed E-state index contributed by atoms with van der Waals surface area (Å²) >= 11 is 6.99. The summed E-state index contributed by atoms with van der Waals surface area (Å²) in [5, 5.41) is 11.9. The SMILES string of the molecule is C#Cc1ccccc1-c1cncnc1C(=O)Nc1nnc(OCc2ccc(Cl)cc2)s1. The van der Waals surface area contributed by atoms with Crippen molar-refractivity contribution in [2.75, 3.05) is 5.32 Å². The Bertz CT molecular complexity index is 1270. The third-order valence-electron chi connectivity index (χ3n) is 4.20. The molecule has 0 saturated carbocycles. The van der Waals surface area contributed by atoms with Crippen LogP contribution in [0.25, 0.3) is 11.1 Å². The fraction of sp³-hybridized carbons (Fsp3) is 0.0455. The Hall–Kier alpha value is -3.80. The van der Waals surface area contributed by atoms with Gasteiger partial charge in [-0.25, -0.2) is 9.97 Å². The maximum absolute atomic E-state index is 12.9. The van der Waals surface area contributed by atoms with Gasteiger partial charge in [-0.15, -0.1) is 11.5 Å². The van der Waals surface area contributed by atoms with Gasteiger partial charge in [0.05, 0.1) is 0 Å². The number of nitrogens with one attached hydrogen (secondary N) is 1. The van der Waals surface area contributed by atoms with Crippen LogP contribution in [-0.4, -0.2) is 26.1 Å². The molecule has 0 spiro atoms. The molecule has 1 N–H and O–H groups in total. The number of hydrogen-bond donors (Lipinski definition) is 1. The molecule has 2 aromatic carbocycles. The Morgan fingerprint density at radius 2 is 1.94 bits per heavy atom. The second-order valence-corrected chi connectivity index (χ2v) is 7.59. The number of carbonyl (C=O) groups excluding carboxylic acids is 1. The molecule has 0 unspecified atom stereocenters. The Kier molecular flexibility index (Phi) is 6.17. The van der Waals surface area contributed by atoms with Crippen molar-refractivity contribution in [2.24, 2.45) is 0 Å². The van der Waals surface area contributed by atoms with Gasteiger partial charge in [0, 0.05) is 27.9 Å². The maximum atomic E-state index is 12.9. The number of halogens is 1. The van der Waals surface area contributed by atoms with Crippen molar-refractivity contribution in [2.45, 2.75) is 6.61 Å². The zero-order valence-corrected chi connectivity index (χ0v) is 17.5. The number of benzene rings is 2. The molecule has 0 aliphatic carbocycles. The molecule has 1 amide bonds. The number of rotatable bonds is 6. The summed E-state index contributed by atoms with van der Waals surface area (Å²) in [4.78, 5) is 21.0. The quantitative estimate of drug-likeness (QED) is 0.439. The lowest BCUT2D eigenvalue weighted by molar-refractivity contribution is 0.102. The first-order valence-electron chi connectivity index (χ1n) is 9.02. The fourth-order valence-electron chi connectivity index (χ4n) is 2.75. The average Bonchev–Trinajstić information content (AvgIpc) is 3.26. The molecule has 2 heterocycles. The maximum Gasteiger partial charge on any atom is 0.296 e. The predicted molar refractivity (Wildman–Crippen MR) is 119 cm³/mol. The standard InChI is InChI=1S/C22H14ClN5O2S/c1-2-15-5-3-4-6-17(15)18-11-24-13-25-19(18)20(29)26-21-27-28-22(31-21)30-12-14-7-9-16(23)10-8-14/h1,3-11,13H,12H2,(H,26,27,29). The summed E-state index contributed by atoms with van der Waals surface area (Å²) in [7, 11) is 0. The molecular formula is C22H14ClN5O2S. The van der Waals surface area contributed by atoms with E-state index in [1.165, 1.54) is 6.33 Å². The van der Waals surface area contributed by atoms with Gasteiger partial charge in [-0.3, -0.25) is 10.1 Å². The van der Waals surface area contributed by atoms with Gasteiger partial charge in [0.15, 0.2) is 0 Å². The van der Waals surface area contributed by atoms with Crippen LogP contribution >= 0.6 is 22.9 Å². The highest BCUT2D eigenvalue weighted by Gasteiger charge is 2.18. The highest BCUT2D eigenvalue weighted by Crippen LogP contribution is 2.27. The van der Waals surface area contributed by atoms with E-state index in [9.17, 15) is 4.79 Å². The molecule has 0 aliphatic rings. The Morgan fingerprint density at radius 1 is 1.13 bits per heavy atom. The van der Waals surface area contributed by atoms with Crippen LogP contribution in [0.4, 0.5) is 5.13 Å². The molecule has 0 saturated heterocycles. The first kappa shape index (κ1) is 20.5. The molecule has 4 aromatic rings. The lowest BCUT2D eigenvalue weighted by Gasteiger charge is -2.09. The van der Waals surface area contributed by atoms with E-state index in [-0.39, 0.29) is 10.8 Å². The summed E-state index contributed by atoms with van der Waals surface area (Å²) in [6.07, 6.45) is 8.45. The lowest BCUT2D eigenvalue weighted by atomic mass is 10.00. The van der Waals surface area contributed by atoms with Gasteiger partial charge in [0.1, 0.15) is 18.6 Å². The van der Waals surface area contributed by atoms with Crippen LogP contribution in [0.1, 0.15) is 21.6 Å². The molecule has 152 valence electrons. The van der Waals surface area contributed by atoms with Gasteiger partial charge in [0.25, 0.3) is 11.1 Å². The van der Waals surface area contributed by atoms with Gasteiger partial charge in [0.2, 0.25) is 5.13 Å².